The molecule has 0 unspecified atom stereocenters. The number of rotatable bonds is 1. The molecule has 2 heterocycles. The number of hydrogen-bond acceptors (Lipinski definition) is 0. The highest BCUT2D eigenvalue weighted by Gasteiger charge is 2.27. The monoisotopic (exact) mass is 236 g/mol. The number of nitrogens with zero attached hydrogens (tertiary/aromatic N) is 2. The second-order valence-electron chi connectivity index (χ2n) is 6.93. The van der Waals surface area contributed by atoms with Crippen LogP contribution in [0.15, 0.2) is 0 Å². The second-order valence-corrected chi connectivity index (χ2v) is 6.93. The lowest BCUT2D eigenvalue weighted by atomic mass is 9.97. The lowest BCUT2D eigenvalue weighted by Gasteiger charge is -2.36. The molecule has 2 heteroatoms. The molecule has 0 aromatic heterocycles. The van der Waals surface area contributed by atoms with Crippen LogP contribution < -0.4 is 0 Å². The number of likely N-dealkylation sites (tertiary alicyclic amines) is 2. The fourth-order valence-electron chi connectivity index (χ4n) is 3.30. The Kier molecular flexibility index (Phi) is 3.80. The van der Waals surface area contributed by atoms with Crippen LogP contribution in [0.1, 0.15) is 25.7 Å². The van der Waals surface area contributed by atoms with Crippen LogP contribution in [0, 0.1) is 17.8 Å². The molecule has 2 fully saturated rings. The van der Waals surface area contributed by atoms with Crippen LogP contribution in [0.3, 0.4) is 0 Å². The van der Waals surface area contributed by atoms with Crippen LogP contribution in [-0.2, 0) is 0 Å². The zero-order valence-corrected chi connectivity index (χ0v) is 11.8. The van der Waals surface area contributed by atoms with Gasteiger partial charge in [0, 0.05) is 12.8 Å². The molecule has 0 bridgehead atoms. The van der Waals surface area contributed by atoms with Crippen LogP contribution >= 0.6 is 0 Å². The molecule has 0 saturated carbocycles. The predicted molar refractivity (Wildman–Crippen MR) is 72.4 cm³/mol. The van der Waals surface area contributed by atoms with Crippen LogP contribution in [0.4, 0.5) is 0 Å². The van der Waals surface area contributed by atoms with E-state index in [4.69, 9.17) is 0 Å². The van der Waals surface area contributed by atoms with Crippen molar-refractivity contribution in [1.29, 1.82) is 0 Å². The standard InChI is InChI=1S/C15H28N2/c1-16(2)10-6-8-15(14-16)9-7-13-17(3)11-4-5-12-17/h15H,4-6,8,10-14H2,1-3H3/q+2/t15-/m0/s1. The molecule has 2 saturated heterocycles. The fourth-order valence-corrected chi connectivity index (χ4v) is 3.30. The van der Waals surface area contributed by atoms with Gasteiger partial charge in [-0.2, -0.15) is 0 Å². The molecule has 17 heavy (non-hydrogen) atoms. The number of piperidine rings is 1. The van der Waals surface area contributed by atoms with E-state index >= 15 is 0 Å². The summed E-state index contributed by atoms with van der Waals surface area (Å²) in [7, 11) is 7.03. The third kappa shape index (κ3) is 3.72. The van der Waals surface area contributed by atoms with Crippen molar-refractivity contribution in [3.05, 3.63) is 0 Å². The SMILES string of the molecule is C[N+]1(C)CCC[C@@H](C#CC[N+]2(C)CCCC2)C1. The second kappa shape index (κ2) is 5.00. The average Bonchev–Trinajstić information content (AvgIpc) is 2.64. The van der Waals surface area contributed by atoms with Crippen LogP contribution in [0.25, 0.3) is 0 Å². The minimum atomic E-state index is 0.646. The summed E-state index contributed by atoms with van der Waals surface area (Å²) < 4.78 is 2.35. The molecular formula is C15H28N2+2. The molecule has 96 valence electrons. The molecule has 2 nitrogen and oxygen atoms in total. The molecule has 0 radical (unpaired) electrons. The summed E-state index contributed by atoms with van der Waals surface area (Å²) in [5, 5.41) is 0. The normalized spacial score (nSPS) is 30.6. The van der Waals surface area contributed by atoms with Crippen molar-refractivity contribution in [2.75, 3.05) is 53.9 Å². The van der Waals surface area contributed by atoms with Crippen LogP contribution in [-0.4, -0.2) is 62.8 Å². The molecule has 0 amide bonds. The number of quaternary nitrogens is 2. The van der Waals surface area contributed by atoms with Crippen molar-refractivity contribution in [3.8, 4) is 11.8 Å². The van der Waals surface area contributed by atoms with Gasteiger partial charge in [-0.1, -0.05) is 5.92 Å². The Bertz CT molecular complexity index is 316. The van der Waals surface area contributed by atoms with E-state index in [9.17, 15) is 0 Å². The average molecular weight is 236 g/mol. The molecule has 1 atom stereocenters. The summed E-state index contributed by atoms with van der Waals surface area (Å²) in [5.74, 6) is 7.68. The van der Waals surface area contributed by atoms with E-state index in [2.05, 4.69) is 33.0 Å². The Morgan fingerprint density at radius 2 is 1.71 bits per heavy atom. The molecule has 2 rings (SSSR count). The largest absolute Gasteiger partial charge is 0.327 e. The first kappa shape index (κ1) is 12.9. The first-order valence-electron chi connectivity index (χ1n) is 7.13. The van der Waals surface area contributed by atoms with Gasteiger partial charge in [0.15, 0.2) is 0 Å². The predicted octanol–water partition coefficient (Wildman–Crippen LogP) is 1.72. The van der Waals surface area contributed by atoms with E-state index in [0.29, 0.717) is 5.92 Å². The maximum absolute atomic E-state index is 3.55. The highest BCUT2D eigenvalue weighted by Crippen LogP contribution is 2.19. The van der Waals surface area contributed by atoms with Crippen molar-refractivity contribution < 1.29 is 8.97 Å². The first-order chi connectivity index (χ1) is 7.99. The molecule has 0 N–H and O–H groups in total. The smallest absolute Gasteiger partial charge is 0.140 e. The highest BCUT2D eigenvalue weighted by atomic mass is 15.3. The Balaban J connectivity index is 1.84. The topological polar surface area (TPSA) is 0 Å². The lowest BCUT2D eigenvalue weighted by molar-refractivity contribution is -0.897. The maximum atomic E-state index is 3.55. The summed E-state index contributed by atoms with van der Waals surface area (Å²) in [6.07, 6.45) is 5.45. The summed E-state index contributed by atoms with van der Waals surface area (Å²) in [4.78, 5) is 0. The van der Waals surface area contributed by atoms with E-state index in [1.54, 1.807) is 0 Å². The van der Waals surface area contributed by atoms with Gasteiger partial charge in [-0.25, -0.2) is 0 Å². The Hall–Kier alpha value is -0.520. The first-order valence-corrected chi connectivity index (χ1v) is 7.13. The fraction of sp³-hybridized carbons (Fsp3) is 0.867. The van der Waals surface area contributed by atoms with Gasteiger partial charge in [0.1, 0.15) is 6.54 Å². The van der Waals surface area contributed by atoms with Crippen molar-refractivity contribution >= 4 is 0 Å². The molecule has 2 aliphatic heterocycles. The summed E-state index contributed by atoms with van der Waals surface area (Å²) in [6.45, 7) is 6.31. The highest BCUT2D eigenvalue weighted by molar-refractivity contribution is 5.04. The zero-order chi connectivity index (χ0) is 12.4. The van der Waals surface area contributed by atoms with Gasteiger partial charge in [0.25, 0.3) is 0 Å². The van der Waals surface area contributed by atoms with Crippen molar-refractivity contribution in [1.82, 2.24) is 0 Å². The molecule has 0 spiro atoms. The van der Waals surface area contributed by atoms with Gasteiger partial charge < -0.3 is 8.97 Å². The zero-order valence-electron chi connectivity index (χ0n) is 11.8. The molecule has 0 aliphatic carbocycles. The summed E-state index contributed by atoms with van der Waals surface area (Å²) in [6, 6.07) is 0. The molecule has 0 aromatic carbocycles. The minimum Gasteiger partial charge on any atom is -0.327 e. The van der Waals surface area contributed by atoms with E-state index < -0.39 is 0 Å². The number of hydrogen-bond donors (Lipinski definition) is 0. The molecule has 2 aliphatic rings. The van der Waals surface area contributed by atoms with Gasteiger partial charge in [0.05, 0.1) is 53.2 Å². The van der Waals surface area contributed by atoms with Gasteiger partial charge in [0.2, 0.25) is 0 Å². The Morgan fingerprint density at radius 1 is 1.00 bits per heavy atom. The minimum absolute atomic E-state index is 0.646. The van der Waals surface area contributed by atoms with Gasteiger partial charge in [-0.15, -0.1) is 0 Å². The van der Waals surface area contributed by atoms with E-state index in [-0.39, 0.29) is 0 Å². The third-order valence-corrected chi connectivity index (χ3v) is 4.44. The summed E-state index contributed by atoms with van der Waals surface area (Å²) >= 11 is 0. The van der Waals surface area contributed by atoms with Crippen molar-refractivity contribution in [2.45, 2.75) is 25.7 Å². The quantitative estimate of drug-likeness (QED) is 0.480. The van der Waals surface area contributed by atoms with Gasteiger partial charge >= 0.3 is 0 Å². The van der Waals surface area contributed by atoms with E-state index in [1.165, 1.54) is 56.3 Å². The van der Waals surface area contributed by atoms with Crippen molar-refractivity contribution in [2.24, 2.45) is 5.92 Å². The Morgan fingerprint density at radius 3 is 2.35 bits per heavy atom. The van der Waals surface area contributed by atoms with E-state index in [0.717, 1.165) is 11.0 Å². The molecular weight excluding hydrogens is 208 g/mol. The van der Waals surface area contributed by atoms with Gasteiger partial charge in [-0.3, -0.25) is 0 Å². The van der Waals surface area contributed by atoms with Crippen molar-refractivity contribution in [3.63, 3.8) is 0 Å². The summed E-state index contributed by atoms with van der Waals surface area (Å²) in [5.41, 5.74) is 0. The molecule has 0 aromatic rings. The van der Waals surface area contributed by atoms with Gasteiger partial charge in [-0.05, 0) is 18.8 Å². The third-order valence-electron chi connectivity index (χ3n) is 4.44. The Labute approximate surface area is 107 Å². The lowest BCUT2D eigenvalue weighted by Crippen LogP contribution is -2.47. The maximum Gasteiger partial charge on any atom is 0.140 e. The van der Waals surface area contributed by atoms with Crippen LogP contribution in [0.2, 0.25) is 0 Å². The van der Waals surface area contributed by atoms with Crippen LogP contribution in [0.5, 0.6) is 0 Å². The van der Waals surface area contributed by atoms with E-state index in [1.807, 2.05) is 0 Å².